The topological polar surface area (TPSA) is 55.1 Å². The van der Waals surface area contributed by atoms with E-state index in [4.69, 9.17) is 5.73 Å². The van der Waals surface area contributed by atoms with Gasteiger partial charge in [-0.25, -0.2) is 0 Å². The zero-order valence-electron chi connectivity index (χ0n) is 13.8. The molecule has 1 saturated carbocycles. The van der Waals surface area contributed by atoms with E-state index in [1.165, 1.54) is 12.8 Å². The van der Waals surface area contributed by atoms with Gasteiger partial charge in [0.1, 0.15) is 0 Å². The molecule has 0 spiro atoms. The Morgan fingerprint density at radius 2 is 1.95 bits per heavy atom. The van der Waals surface area contributed by atoms with E-state index in [1.54, 1.807) is 0 Å². The molecule has 0 radical (unpaired) electrons. The van der Waals surface area contributed by atoms with E-state index >= 15 is 0 Å². The zero-order valence-corrected chi connectivity index (χ0v) is 13.8. The maximum Gasteiger partial charge on any atom is 0.220 e. The van der Waals surface area contributed by atoms with Crippen molar-refractivity contribution in [2.75, 3.05) is 6.54 Å². The Hall–Kier alpha value is -0.570. The van der Waals surface area contributed by atoms with Crippen molar-refractivity contribution in [1.29, 1.82) is 0 Å². The minimum atomic E-state index is 0.235. The Morgan fingerprint density at radius 3 is 2.55 bits per heavy atom. The van der Waals surface area contributed by atoms with E-state index in [9.17, 15) is 4.79 Å². The number of carbonyl (C=O) groups excluding carboxylic acids is 1. The number of rotatable bonds is 7. The molecule has 1 rings (SSSR count). The van der Waals surface area contributed by atoms with Crippen LogP contribution >= 0.6 is 0 Å². The lowest BCUT2D eigenvalue weighted by Crippen LogP contribution is -2.43. The molecule has 0 aromatic rings. The largest absolute Gasteiger partial charge is 0.353 e. The molecule has 1 aliphatic carbocycles. The predicted molar refractivity (Wildman–Crippen MR) is 85.3 cm³/mol. The molecular weight excluding hydrogens is 248 g/mol. The number of nitrogens with two attached hydrogens (primary N) is 1. The van der Waals surface area contributed by atoms with Crippen molar-refractivity contribution in [2.24, 2.45) is 29.4 Å². The third-order valence-electron chi connectivity index (χ3n) is 5.28. The van der Waals surface area contributed by atoms with Crippen LogP contribution in [0.5, 0.6) is 0 Å². The molecule has 3 N–H and O–H groups in total. The van der Waals surface area contributed by atoms with Crippen LogP contribution in [-0.4, -0.2) is 18.5 Å². The second-order valence-corrected chi connectivity index (χ2v) is 7.06. The third-order valence-corrected chi connectivity index (χ3v) is 5.28. The molecule has 4 atom stereocenters. The molecule has 0 saturated heterocycles. The predicted octanol–water partition coefficient (Wildman–Crippen LogP) is 3.33. The molecule has 0 aromatic carbocycles. The van der Waals surface area contributed by atoms with Crippen molar-refractivity contribution in [3.63, 3.8) is 0 Å². The van der Waals surface area contributed by atoms with Crippen molar-refractivity contribution in [1.82, 2.24) is 5.32 Å². The first-order valence-corrected chi connectivity index (χ1v) is 8.45. The third kappa shape index (κ3) is 5.43. The Balaban J connectivity index is 2.35. The molecule has 3 heteroatoms. The number of nitrogens with one attached hydrogen (secondary N) is 1. The van der Waals surface area contributed by atoms with Crippen LogP contribution in [0.1, 0.15) is 66.2 Å². The lowest BCUT2D eigenvalue weighted by Gasteiger charge is -2.34. The van der Waals surface area contributed by atoms with Crippen molar-refractivity contribution >= 4 is 5.91 Å². The summed E-state index contributed by atoms with van der Waals surface area (Å²) >= 11 is 0. The molecule has 0 aliphatic heterocycles. The van der Waals surface area contributed by atoms with Crippen LogP contribution in [0.3, 0.4) is 0 Å². The van der Waals surface area contributed by atoms with Gasteiger partial charge >= 0.3 is 0 Å². The molecule has 1 fully saturated rings. The Bertz CT molecular complexity index is 291. The Labute approximate surface area is 125 Å². The lowest BCUT2D eigenvalue weighted by molar-refractivity contribution is -0.122. The van der Waals surface area contributed by atoms with E-state index in [0.717, 1.165) is 31.7 Å². The maximum atomic E-state index is 12.2. The Kier molecular flexibility index (Phi) is 7.57. The van der Waals surface area contributed by atoms with Crippen LogP contribution in [-0.2, 0) is 4.79 Å². The average molecular weight is 282 g/mol. The van der Waals surface area contributed by atoms with Crippen LogP contribution in [0.15, 0.2) is 0 Å². The summed E-state index contributed by atoms with van der Waals surface area (Å²) in [6.45, 7) is 9.76. The van der Waals surface area contributed by atoms with Crippen molar-refractivity contribution in [2.45, 2.75) is 72.3 Å². The van der Waals surface area contributed by atoms with Gasteiger partial charge in [-0.2, -0.15) is 0 Å². The smallest absolute Gasteiger partial charge is 0.220 e. The SMILES string of the molecule is CC(C)C(CCN)CCC(=O)NC1CCCC(C)C1C. The van der Waals surface area contributed by atoms with Gasteiger partial charge in [-0.15, -0.1) is 0 Å². The van der Waals surface area contributed by atoms with Crippen molar-refractivity contribution in [3.05, 3.63) is 0 Å². The van der Waals surface area contributed by atoms with E-state index < -0.39 is 0 Å². The second-order valence-electron chi connectivity index (χ2n) is 7.06. The zero-order chi connectivity index (χ0) is 15.1. The molecule has 1 amide bonds. The van der Waals surface area contributed by atoms with E-state index in [0.29, 0.717) is 30.2 Å². The van der Waals surface area contributed by atoms with Crippen molar-refractivity contribution in [3.8, 4) is 0 Å². The number of amides is 1. The van der Waals surface area contributed by atoms with E-state index in [-0.39, 0.29) is 5.91 Å². The number of hydrogen-bond acceptors (Lipinski definition) is 2. The lowest BCUT2D eigenvalue weighted by atomic mass is 9.78. The molecule has 20 heavy (non-hydrogen) atoms. The highest BCUT2D eigenvalue weighted by molar-refractivity contribution is 5.76. The minimum Gasteiger partial charge on any atom is -0.353 e. The van der Waals surface area contributed by atoms with Crippen LogP contribution in [0.25, 0.3) is 0 Å². The van der Waals surface area contributed by atoms with Gasteiger partial charge in [-0.1, -0.05) is 40.5 Å². The van der Waals surface area contributed by atoms with Gasteiger partial charge in [0.05, 0.1) is 0 Å². The maximum absolute atomic E-state index is 12.2. The molecule has 118 valence electrons. The van der Waals surface area contributed by atoms with E-state index in [1.807, 2.05) is 0 Å². The van der Waals surface area contributed by atoms with E-state index in [2.05, 4.69) is 33.0 Å². The van der Waals surface area contributed by atoms with Gasteiger partial charge in [-0.05, 0) is 49.5 Å². The molecule has 3 nitrogen and oxygen atoms in total. The fourth-order valence-electron chi connectivity index (χ4n) is 3.41. The quantitative estimate of drug-likeness (QED) is 0.752. The monoisotopic (exact) mass is 282 g/mol. The van der Waals surface area contributed by atoms with Gasteiger partial charge in [0.25, 0.3) is 0 Å². The molecule has 0 heterocycles. The Morgan fingerprint density at radius 1 is 1.25 bits per heavy atom. The normalized spacial score (nSPS) is 28.4. The van der Waals surface area contributed by atoms with Crippen LogP contribution in [0, 0.1) is 23.7 Å². The highest BCUT2D eigenvalue weighted by Crippen LogP contribution is 2.29. The number of hydrogen-bond donors (Lipinski definition) is 2. The van der Waals surface area contributed by atoms with Gasteiger partial charge in [-0.3, -0.25) is 4.79 Å². The molecular formula is C17H34N2O. The summed E-state index contributed by atoms with van der Waals surface area (Å²) in [5, 5.41) is 3.27. The molecule has 1 aliphatic rings. The first-order valence-electron chi connectivity index (χ1n) is 8.45. The summed E-state index contributed by atoms with van der Waals surface area (Å²) < 4.78 is 0. The molecule has 0 bridgehead atoms. The summed E-state index contributed by atoms with van der Waals surface area (Å²) in [6, 6.07) is 0.387. The molecule has 4 unspecified atom stereocenters. The standard InChI is InChI=1S/C17H34N2O/c1-12(2)15(10-11-18)8-9-17(20)19-16-7-5-6-13(3)14(16)4/h12-16H,5-11,18H2,1-4H3,(H,19,20). The molecule has 0 aromatic heterocycles. The van der Waals surface area contributed by atoms with Gasteiger partial charge < -0.3 is 11.1 Å². The fourth-order valence-corrected chi connectivity index (χ4v) is 3.41. The fraction of sp³-hybridized carbons (Fsp3) is 0.941. The van der Waals surface area contributed by atoms with Gasteiger partial charge in [0.2, 0.25) is 5.91 Å². The van der Waals surface area contributed by atoms with Crippen LogP contribution in [0.4, 0.5) is 0 Å². The summed E-state index contributed by atoms with van der Waals surface area (Å²) in [5.41, 5.74) is 5.66. The van der Waals surface area contributed by atoms with Crippen molar-refractivity contribution < 1.29 is 4.79 Å². The summed E-state index contributed by atoms with van der Waals surface area (Å²) in [7, 11) is 0. The average Bonchev–Trinajstić information content (AvgIpc) is 2.39. The van der Waals surface area contributed by atoms with Crippen LogP contribution < -0.4 is 11.1 Å². The second kappa shape index (κ2) is 8.66. The highest BCUT2D eigenvalue weighted by Gasteiger charge is 2.28. The van der Waals surface area contributed by atoms with Gasteiger partial charge in [0.15, 0.2) is 0 Å². The van der Waals surface area contributed by atoms with Gasteiger partial charge in [0, 0.05) is 12.5 Å². The minimum absolute atomic E-state index is 0.235. The first kappa shape index (κ1) is 17.5. The highest BCUT2D eigenvalue weighted by atomic mass is 16.1. The number of carbonyl (C=O) groups is 1. The summed E-state index contributed by atoms with van der Waals surface area (Å²) in [4.78, 5) is 12.2. The summed E-state index contributed by atoms with van der Waals surface area (Å²) in [5.74, 6) is 2.76. The summed E-state index contributed by atoms with van der Waals surface area (Å²) in [6.07, 6.45) is 6.35. The first-order chi connectivity index (χ1) is 9.45. The van der Waals surface area contributed by atoms with Crippen LogP contribution in [0.2, 0.25) is 0 Å².